The van der Waals surface area contributed by atoms with Crippen molar-refractivity contribution in [1.82, 2.24) is 0 Å². The van der Waals surface area contributed by atoms with E-state index < -0.39 is 0 Å². The van der Waals surface area contributed by atoms with Gasteiger partial charge in [-0.2, -0.15) is 5.26 Å². The first kappa shape index (κ1) is 14.6. The van der Waals surface area contributed by atoms with E-state index in [9.17, 15) is 0 Å². The minimum atomic E-state index is 0.556. The van der Waals surface area contributed by atoms with E-state index >= 15 is 0 Å². The number of fused-ring (bicyclic) bond motifs is 3. The third kappa shape index (κ3) is 2.56. The van der Waals surface area contributed by atoms with Crippen molar-refractivity contribution in [3.05, 3.63) is 82.4 Å². The third-order valence-electron chi connectivity index (χ3n) is 3.99. The summed E-state index contributed by atoms with van der Waals surface area (Å²) in [6.45, 7) is 0. The number of benzene rings is 3. The number of nitrogens with zero attached hydrogens (tertiary/aromatic N) is 1. The SMILES string of the molecule is N#Cc1ccc(/C=C/c2ccc3c(c2)oc2ccccc23)c(Cl)c1. The molecular formula is C21H12ClNO. The zero-order valence-corrected chi connectivity index (χ0v) is 13.4. The fourth-order valence-corrected chi connectivity index (χ4v) is 3.01. The van der Waals surface area contributed by atoms with Crippen molar-refractivity contribution >= 4 is 45.7 Å². The average molecular weight is 330 g/mol. The molecule has 0 unspecified atom stereocenters. The minimum absolute atomic E-state index is 0.556. The van der Waals surface area contributed by atoms with Crippen molar-refractivity contribution in [1.29, 1.82) is 5.26 Å². The van der Waals surface area contributed by atoms with Crippen LogP contribution in [0.3, 0.4) is 0 Å². The van der Waals surface area contributed by atoms with E-state index in [2.05, 4.69) is 24.3 Å². The lowest BCUT2D eigenvalue weighted by atomic mass is 10.1. The van der Waals surface area contributed by atoms with Gasteiger partial charge in [0, 0.05) is 15.8 Å². The Morgan fingerprint density at radius 2 is 1.71 bits per heavy atom. The Bertz CT molecular complexity index is 1130. The predicted molar refractivity (Wildman–Crippen MR) is 98.8 cm³/mol. The molecule has 1 aromatic heterocycles. The minimum Gasteiger partial charge on any atom is -0.456 e. The summed E-state index contributed by atoms with van der Waals surface area (Å²) in [5.74, 6) is 0. The van der Waals surface area contributed by atoms with E-state index in [0.717, 1.165) is 33.1 Å². The summed E-state index contributed by atoms with van der Waals surface area (Å²) in [5.41, 5.74) is 4.22. The van der Waals surface area contributed by atoms with Gasteiger partial charge in [-0.05, 0) is 41.5 Å². The van der Waals surface area contributed by atoms with Gasteiger partial charge in [-0.3, -0.25) is 0 Å². The first-order chi connectivity index (χ1) is 11.7. The molecule has 0 saturated heterocycles. The average Bonchev–Trinajstić information content (AvgIpc) is 2.98. The first-order valence-corrected chi connectivity index (χ1v) is 7.91. The van der Waals surface area contributed by atoms with Gasteiger partial charge in [0.05, 0.1) is 11.6 Å². The van der Waals surface area contributed by atoms with Crippen LogP contribution in [0.25, 0.3) is 34.1 Å². The van der Waals surface area contributed by atoms with E-state index in [-0.39, 0.29) is 0 Å². The van der Waals surface area contributed by atoms with Crippen LogP contribution in [0.4, 0.5) is 0 Å². The van der Waals surface area contributed by atoms with E-state index in [0.29, 0.717) is 10.6 Å². The van der Waals surface area contributed by atoms with Gasteiger partial charge in [0.15, 0.2) is 0 Å². The lowest BCUT2D eigenvalue weighted by Gasteiger charge is -1.99. The molecule has 0 bridgehead atoms. The van der Waals surface area contributed by atoms with Crippen molar-refractivity contribution in [2.45, 2.75) is 0 Å². The van der Waals surface area contributed by atoms with Crippen molar-refractivity contribution in [2.24, 2.45) is 0 Å². The largest absolute Gasteiger partial charge is 0.456 e. The van der Waals surface area contributed by atoms with Crippen LogP contribution in [-0.4, -0.2) is 0 Å². The molecule has 0 saturated carbocycles. The van der Waals surface area contributed by atoms with E-state index in [1.807, 2.05) is 42.5 Å². The Hall–Kier alpha value is -3.02. The molecule has 0 amide bonds. The van der Waals surface area contributed by atoms with Crippen LogP contribution in [0, 0.1) is 11.3 Å². The van der Waals surface area contributed by atoms with Crippen molar-refractivity contribution in [2.75, 3.05) is 0 Å². The van der Waals surface area contributed by atoms with Crippen LogP contribution >= 0.6 is 11.6 Å². The molecule has 4 aromatic rings. The smallest absolute Gasteiger partial charge is 0.136 e. The number of nitriles is 1. The van der Waals surface area contributed by atoms with E-state index in [4.69, 9.17) is 21.3 Å². The quantitative estimate of drug-likeness (QED) is 0.406. The third-order valence-corrected chi connectivity index (χ3v) is 4.32. The highest BCUT2D eigenvalue weighted by molar-refractivity contribution is 6.32. The monoisotopic (exact) mass is 329 g/mol. The molecule has 0 aliphatic carbocycles. The second-order valence-electron chi connectivity index (χ2n) is 5.54. The Balaban J connectivity index is 1.72. The molecule has 24 heavy (non-hydrogen) atoms. The molecule has 4 rings (SSSR count). The molecule has 0 N–H and O–H groups in total. The van der Waals surface area contributed by atoms with Crippen molar-refractivity contribution in [3.63, 3.8) is 0 Å². The van der Waals surface area contributed by atoms with Gasteiger partial charge in [0.25, 0.3) is 0 Å². The Morgan fingerprint density at radius 1 is 0.875 bits per heavy atom. The maximum atomic E-state index is 8.88. The second kappa shape index (κ2) is 5.88. The molecular weight excluding hydrogens is 318 g/mol. The molecule has 3 heteroatoms. The van der Waals surface area contributed by atoms with Gasteiger partial charge in [0.2, 0.25) is 0 Å². The normalized spacial score (nSPS) is 11.3. The molecule has 0 aliphatic rings. The summed E-state index contributed by atoms with van der Waals surface area (Å²) in [5, 5.41) is 11.7. The molecule has 0 radical (unpaired) electrons. The Morgan fingerprint density at radius 3 is 2.54 bits per heavy atom. The Kier molecular flexibility index (Phi) is 3.57. The zero-order chi connectivity index (χ0) is 16.5. The van der Waals surface area contributed by atoms with Crippen LogP contribution in [-0.2, 0) is 0 Å². The second-order valence-corrected chi connectivity index (χ2v) is 5.94. The predicted octanol–water partition coefficient (Wildman–Crippen LogP) is 6.28. The van der Waals surface area contributed by atoms with Gasteiger partial charge in [-0.1, -0.05) is 54.1 Å². The number of rotatable bonds is 2. The van der Waals surface area contributed by atoms with Crippen molar-refractivity contribution < 1.29 is 4.42 Å². The molecule has 3 aromatic carbocycles. The number of halogens is 1. The van der Waals surface area contributed by atoms with Gasteiger partial charge in [-0.25, -0.2) is 0 Å². The number of hydrogen-bond acceptors (Lipinski definition) is 2. The highest BCUT2D eigenvalue weighted by Gasteiger charge is 2.06. The molecule has 0 atom stereocenters. The van der Waals surface area contributed by atoms with Crippen LogP contribution in [0.1, 0.15) is 16.7 Å². The first-order valence-electron chi connectivity index (χ1n) is 7.53. The summed E-state index contributed by atoms with van der Waals surface area (Å²) in [7, 11) is 0. The fraction of sp³-hybridized carbons (Fsp3) is 0. The lowest BCUT2D eigenvalue weighted by molar-refractivity contribution is 0.669. The number of furan rings is 1. The van der Waals surface area contributed by atoms with Crippen LogP contribution in [0.15, 0.2) is 65.1 Å². The van der Waals surface area contributed by atoms with Crippen LogP contribution < -0.4 is 0 Å². The van der Waals surface area contributed by atoms with Gasteiger partial charge >= 0.3 is 0 Å². The molecule has 2 nitrogen and oxygen atoms in total. The van der Waals surface area contributed by atoms with E-state index in [1.165, 1.54) is 0 Å². The maximum absolute atomic E-state index is 8.88. The van der Waals surface area contributed by atoms with Crippen LogP contribution in [0.2, 0.25) is 5.02 Å². The van der Waals surface area contributed by atoms with Gasteiger partial charge in [-0.15, -0.1) is 0 Å². The van der Waals surface area contributed by atoms with E-state index in [1.54, 1.807) is 12.1 Å². The molecule has 1 heterocycles. The fourth-order valence-electron chi connectivity index (χ4n) is 2.76. The highest BCUT2D eigenvalue weighted by Crippen LogP contribution is 2.29. The summed E-state index contributed by atoms with van der Waals surface area (Å²) in [4.78, 5) is 0. The van der Waals surface area contributed by atoms with Gasteiger partial charge in [0.1, 0.15) is 11.2 Å². The highest BCUT2D eigenvalue weighted by atomic mass is 35.5. The van der Waals surface area contributed by atoms with Crippen molar-refractivity contribution in [3.8, 4) is 6.07 Å². The lowest BCUT2D eigenvalue weighted by Crippen LogP contribution is -1.79. The zero-order valence-electron chi connectivity index (χ0n) is 12.7. The summed E-state index contributed by atoms with van der Waals surface area (Å²) in [6.07, 6.45) is 3.92. The number of hydrogen-bond donors (Lipinski definition) is 0. The topological polar surface area (TPSA) is 36.9 Å². The maximum Gasteiger partial charge on any atom is 0.136 e. The standard InChI is InChI=1S/C21H12ClNO/c22-19-11-15(13-23)6-9-16(19)8-5-14-7-10-18-17-3-1-2-4-20(17)24-21(18)12-14/h1-12H/b8-5+. The molecule has 0 fully saturated rings. The van der Waals surface area contributed by atoms with Gasteiger partial charge < -0.3 is 4.42 Å². The van der Waals surface area contributed by atoms with Crippen LogP contribution in [0.5, 0.6) is 0 Å². The summed E-state index contributed by atoms with van der Waals surface area (Å²) in [6, 6.07) is 21.5. The summed E-state index contributed by atoms with van der Waals surface area (Å²) < 4.78 is 5.90. The number of para-hydroxylation sites is 1. The summed E-state index contributed by atoms with van der Waals surface area (Å²) >= 11 is 6.20. The Labute approximate surface area is 144 Å². The molecule has 0 aliphatic heterocycles. The molecule has 0 spiro atoms. The molecule has 114 valence electrons.